The van der Waals surface area contributed by atoms with E-state index >= 15 is 0 Å². The van der Waals surface area contributed by atoms with Crippen molar-refractivity contribution < 1.29 is 5.11 Å². The predicted molar refractivity (Wildman–Crippen MR) is 76.8 cm³/mol. The molecule has 1 unspecified atom stereocenters. The maximum Gasteiger partial charge on any atom is 0.262 e. The third kappa shape index (κ3) is 2.04. The number of hydrogen-bond acceptors (Lipinski definition) is 5. The molecule has 1 atom stereocenters. The maximum atomic E-state index is 12.4. The average Bonchev–Trinajstić information content (AvgIpc) is 3.00. The molecule has 0 aliphatic carbocycles. The van der Waals surface area contributed by atoms with Crippen LogP contribution in [0.1, 0.15) is 17.5 Å². The lowest BCUT2D eigenvalue weighted by Crippen LogP contribution is -2.24. The highest BCUT2D eigenvalue weighted by molar-refractivity contribution is 7.16. The summed E-state index contributed by atoms with van der Waals surface area (Å²) in [5.41, 5.74) is 0.797. The second-order valence-electron chi connectivity index (χ2n) is 4.71. The van der Waals surface area contributed by atoms with Crippen molar-refractivity contribution in [3.63, 3.8) is 0 Å². The Bertz CT molecular complexity index is 817. The number of aromatic nitrogens is 4. The lowest BCUT2D eigenvalue weighted by Gasteiger charge is -2.12. The van der Waals surface area contributed by atoms with Gasteiger partial charge in [-0.1, -0.05) is 0 Å². The van der Waals surface area contributed by atoms with E-state index < -0.39 is 6.10 Å². The summed E-state index contributed by atoms with van der Waals surface area (Å²) in [5, 5.41) is 12.7. The Labute approximate surface area is 119 Å². The molecule has 0 aliphatic rings. The molecule has 1 N–H and O–H groups in total. The van der Waals surface area contributed by atoms with Gasteiger partial charge in [-0.15, -0.1) is 11.3 Å². The highest BCUT2D eigenvalue weighted by atomic mass is 32.1. The highest BCUT2D eigenvalue weighted by Gasteiger charge is 2.16. The van der Waals surface area contributed by atoms with E-state index in [0.717, 1.165) is 10.4 Å². The maximum absolute atomic E-state index is 12.4. The lowest BCUT2D eigenvalue weighted by molar-refractivity contribution is 0.142. The molecule has 0 aliphatic heterocycles. The standard InChI is InChI=1S/C13H14N4O2S/c1-8-6-20-12-10(8)13(19)17(7-15-12)5-9(18)11-14-3-4-16(11)2/h3-4,6-7,9,18H,5H2,1-2H3. The van der Waals surface area contributed by atoms with E-state index in [2.05, 4.69) is 9.97 Å². The van der Waals surface area contributed by atoms with Gasteiger partial charge < -0.3 is 9.67 Å². The van der Waals surface area contributed by atoms with Gasteiger partial charge in [0.2, 0.25) is 0 Å². The first-order chi connectivity index (χ1) is 9.58. The molecule has 3 aromatic heterocycles. The summed E-state index contributed by atoms with van der Waals surface area (Å²) < 4.78 is 3.17. The molecule has 0 radical (unpaired) electrons. The van der Waals surface area contributed by atoms with Crippen molar-refractivity contribution in [3.05, 3.63) is 45.8 Å². The fourth-order valence-electron chi connectivity index (χ4n) is 2.20. The molecule has 0 spiro atoms. The summed E-state index contributed by atoms with van der Waals surface area (Å²) in [5.74, 6) is 0.527. The van der Waals surface area contributed by atoms with Gasteiger partial charge in [-0.05, 0) is 17.9 Å². The summed E-state index contributed by atoms with van der Waals surface area (Å²) in [6.45, 7) is 2.03. The van der Waals surface area contributed by atoms with Crippen LogP contribution < -0.4 is 5.56 Å². The molecule has 0 saturated heterocycles. The molecule has 7 heteroatoms. The summed E-state index contributed by atoms with van der Waals surface area (Å²) in [6, 6.07) is 0. The molecular weight excluding hydrogens is 276 g/mol. The number of imidazole rings is 1. The molecule has 0 saturated carbocycles. The van der Waals surface area contributed by atoms with Crippen molar-refractivity contribution in [1.29, 1.82) is 0 Å². The van der Waals surface area contributed by atoms with Crippen molar-refractivity contribution in [2.75, 3.05) is 0 Å². The Kier molecular flexibility index (Phi) is 3.15. The van der Waals surface area contributed by atoms with E-state index in [0.29, 0.717) is 11.2 Å². The number of nitrogens with zero attached hydrogens (tertiary/aromatic N) is 4. The second kappa shape index (κ2) is 4.84. The largest absolute Gasteiger partial charge is 0.383 e. The van der Waals surface area contributed by atoms with Gasteiger partial charge in [0.15, 0.2) is 0 Å². The molecule has 3 aromatic rings. The number of aliphatic hydroxyl groups is 1. The van der Waals surface area contributed by atoms with Gasteiger partial charge in [0.1, 0.15) is 16.8 Å². The molecular formula is C13H14N4O2S. The zero-order valence-electron chi connectivity index (χ0n) is 11.1. The monoisotopic (exact) mass is 290 g/mol. The van der Waals surface area contributed by atoms with Crippen molar-refractivity contribution >= 4 is 21.6 Å². The van der Waals surface area contributed by atoms with E-state index in [1.54, 1.807) is 24.0 Å². The van der Waals surface area contributed by atoms with Crippen molar-refractivity contribution in [3.8, 4) is 0 Å². The van der Waals surface area contributed by atoms with Crippen LogP contribution in [0.25, 0.3) is 10.2 Å². The number of fused-ring (bicyclic) bond motifs is 1. The van der Waals surface area contributed by atoms with Gasteiger partial charge in [0.05, 0.1) is 18.3 Å². The summed E-state index contributed by atoms with van der Waals surface area (Å²) in [7, 11) is 1.80. The van der Waals surface area contributed by atoms with Crippen LogP contribution >= 0.6 is 11.3 Å². The average molecular weight is 290 g/mol. The quantitative estimate of drug-likeness (QED) is 0.787. The highest BCUT2D eigenvalue weighted by Crippen LogP contribution is 2.20. The predicted octanol–water partition coefficient (Wildman–Crippen LogP) is 1.23. The van der Waals surface area contributed by atoms with Crippen molar-refractivity contribution in [1.82, 2.24) is 19.1 Å². The van der Waals surface area contributed by atoms with Crippen molar-refractivity contribution in [2.24, 2.45) is 7.05 Å². The van der Waals surface area contributed by atoms with Crippen LogP contribution in [-0.4, -0.2) is 24.2 Å². The topological polar surface area (TPSA) is 72.9 Å². The number of aryl methyl sites for hydroxylation is 2. The molecule has 3 rings (SSSR count). The minimum Gasteiger partial charge on any atom is -0.383 e. The minimum atomic E-state index is -0.842. The van der Waals surface area contributed by atoms with E-state index in [1.165, 1.54) is 22.2 Å². The molecule has 0 fully saturated rings. The van der Waals surface area contributed by atoms with Crippen LogP contribution in [0.15, 0.2) is 28.9 Å². The van der Waals surface area contributed by atoms with Crippen LogP contribution in [0.5, 0.6) is 0 Å². The minimum absolute atomic E-state index is 0.123. The van der Waals surface area contributed by atoms with E-state index in [4.69, 9.17) is 0 Å². The smallest absolute Gasteiger partial charge is 0.262 e. The van der Waals surface area contributed by atoms with Gasteiger partial charge >= 0.3 is 0 Å². The summed E-state index contributed by atoms with van der Waals surface area (Å²) in [4.78, 5) is 21.5. The van der Waals surface area contributed by atoms with Gasteiger partial charge in [0, 0.05) is 19.4 Å². The Balaban J connectivity index is 1.99. The Morgan fingerprint density at radius 3 is 2.95 bits per heavy atom. The molecule has 3 heterocycles. The van der Waals surface area contributed by atoms with E-state index in [1.807, 2.05) is 12.3 Å². The number of rotatable bonds is 3. The summed E-state index contributed by atoms with van der Waals surface area (Å²) >= 11 is 1.45. The lowest BCUT2D eigenvalue weighted by atomic mass is 10.2. The third-order valence-corrected chi connectivity index (χ3v) is 4.27. The SMILES string of the molecule is Cc1csc2ncn(CC(O)c3nccn3C)c(=O)c12. The third-order valence-electron chi connectivity index (χ3n) is 3.27. The molecule has 104 valence electrons. The Morgan fingerprint density at radius 2 is 2.25 bits per heavy atom. The number of aliphatic hydroxyl groups excluding tert-OH is 1. The summed E-state index contributed by atoms with van der Waals surface area (Å²) in [6.07, 6.45) is 4.01. The normalized spacial score (nSPS) is 12.9. The fourth-order valence-corrected chi connectivity index (χ4v) is 3.08. The first kappa shape index (κ1) is 13.0. The van der Waals surface area contributed by atoms with Gasteiger partial charge in [-0.25, -0.2) is 9.97 Å². The van der Waals surface area contributed by atoms with Gasteiger partial charge in [-0.3, -0.25) is 9.36 Å². The molecule has 20 heavy (non-hydrogen) atoms. The van der Waals surface area contributed by atoms with Crippen molar-refractivity contribution in [2.45, 2.75) is 19.6 Å². The Morgan fingerprint density at radius 1 is 1.45 bits per heavy atom. The zero-order chi connectivity index (χ0) is 14.3. The van der Waals surface area contributed by atoms with E-state index in [9.17, 15) is 9.90 Å². The van der Waals surface area contributed by atoms with Crippen LogP contribution in [0.3, 0.4) is 0 Å². The fraction of sp³-hybridized carbons (Fsp3) is 0.308. The van der Waals surface area contributed by atoms with Crippen LogP contribution in [0, 0.1) is 6.92 Å². The van der Waals surface area contributed by atoms with Crippen LogP contribution in [-0.2, 0) is 13.6 Å². The van der Waals surface area contributed by atoms with E-state index in [-0.39, 0.29) is 12.1 Å². The first-order valence-electron chi connectivity index (χ1n) is 6.16. The molecule has 0 aromatic carbocycles. The second-order valence-corrected chi connectivity index (χ2v) is 5.57. The van der Waals surface area contributed by atoms with Gasteiger partial charge in [-0.2, -0.15) is 0 Å². The number of hydrogen-bond donors (Lipinski definition) is 1. The molecule has 6 nitrogen and oxygen atoms in total. The Hall–Kier alpha value is -1.99. The van der Waals surface area contributed by atoms with Crippen LogP contribution in [0.2, 0.25) is 0 Å². The molecule has 0 amide bonds. The number of thiophene rings is 1. The van der Waals surface area contributed by atoms with Crippen LogP contribution in [0.4, 0.5) is 0 Å². The zero-order valence-corrected chi connectivity index (χ0v) is 12.0. The van der Waals surface area contributed by atoms with Gasteiger partial charge in [0.25, 0.3) is 5.56 Å². The molecule has 0 bridgehead atoms. The first-order valence-corrected chi connectivity index (χ1v) is 7.04.